The summed E-state index contributed by atoms with van der Waals surface area (Å²) in [5, 5.41) is 0.532. The van der Waals surface area contributed by atoms with Gasteiger partial charge in [-0.2, -0.15) is 0 Å². The highest BCUT2D eigenvalue weighted by Gasteiger charge is 2.07. The van der Waals surface area contributed by atoms with E-state index >= 15 is 0 Å². The maximum atomic E-state index is 10.4. The maximum Gasteiger partial charge on any atom is 0.164 e. The van der Waals surface area contributed by atoms with E-state index < -0.39 is 0 Å². The van der Waals surface area contributed by atoms with E-state index in [9.17, 15) is 4.79 Å². The minimum Gasteiger partial charge on any atom is -0.379 e. The van der Waals surface area contributed by atoms with Crippen LogP contribution in [-0.2, 0) is 4.79 Å². The Kier molecular flexibility index (Phi) is 1.53. The summed E-state index contributed by atoms with van der Waals surface area (Å²) in [5.74, 6) is 0.652. The molecule has 8 heavy (non-hydrogen) atoms. The Labute approximate surface area is 51.3 Å². The molecule has 0 fully saturated rings. The summed E-state index contributed by atoms with van der Waals surface area (Å²) in [7, 11) is 0. The molecule has 1 heterocycles. The van der Waals surface area contributed by atoms with E-state index in [0.29, 0.717) is 10.9 Å². The first-order valence-electron chi connectivity index (χ1n) is 2.23. The molecule has 0 aromatic carbocycles. The molecule has 0 bridgehead atoms. The Morgan fingerprint density at radius 3 is 2.88 bits per heavy atom. The van der Waals surface area contributed by atoms with Crippen LogP contribution in [0.2, 0.25) is 0 Å². The van der Waals surface area contributed by atoms with E-state index in [2.05, 4.69) is 4.99 Å². The second-order valence-electron chi connectivity index (χ2n) is 1.48. The molecule has 0 aliphatic carbocycles. The largest absolute Gasteiger partial charge is 0.379 e. The number of rotatable bonds is 0. The highest BCUT2D eigenvalue weighted by molar-refractivity contribution is 8.14. The van der Waals surface area contributed by atoms with Gasteiger partial charge in [0.1, 0.15) is 6.54 Å². The van der Waals surface area contributed by atoms with Crippen molar-refractivity contribution >= 4 is 22.7 Å². The van der Waals surface area contributed by atoms with Crippen molar-refractivity contribution in [2.24, 2.45) is 10.7 Å². The van der Waals surface area contributed by atoms with Crippen molar-refractivity contribution in [1.82, 2.24) is 0 Å². The van der Waals surface area contributed by atoms with Gasteiger partial charge >= 0.3 is 0 Å². The molecule has 0 radical (unpaired) electrons. The summed E-state index contributed by atoms with van der Waals surface area (Å²) >= 11 is 1.30. The molecular weight excluding hydrogens is 124 g/mol. The third-order valence-electron chi connectivity index (χ3n) is 0.792. The van der Waals surface area contributed by atoms with Crippen molar-refractivity contribution in [3.8, 4) is 0 Å². The molecule has 1 rings (SSSR count). The van der Waals surface area contributed by atoms with Crippen molar-refractivity contribution in [3.05, 3.63) is 0 Å². The normalized spacial score (nSPS) is 20.5. The van der Waals surface area contributed by atoms with Crippen molar-refractivity contribution in [1.29, 1.82) is 0 Å². The molecular formula is C4H6N2OS. The first kappa shape index (κ1) is 5.62. The standard InChI is InChI=1S/C4H6N2OS/c5-4-6-1-3(7)2-8-4/h1-2H2,(H2,5,6). The number of thioether (sulfide) groups is 1. The van der Waals surface area contributed by atoms with Crippen molar-refractivity contribution in [2.75, 3.05) is 12.3 Å². The number of carbonyl (C=O) groups excluding carboxylic acids is 1. The topological polar surface area (TPSA) is 55.4 Å². The summed E-state index contributed by atoms with van der Waals surface area (Å²) in [6.07, 6.45) is 0. The molecule has 1 aliphatic rings. The monoisotopic (exact) mass is 130 g/mol. The van der Waals surface area contributed by atoms with Crippen molar-refractivity contribution in [3.63, 3.8) is 0 Å². The second-order valence-corrected chi connectivity index (χ2v) is 2.48. The fourth-order valence-electron chi connectivity index (χ4n) is 0.412. The Bertz CT molecular complexity index is 143. The SMILES string of the molecule is NC1=NCC(=O)CS1. The third kappa shape index (κ3) is 1.23. The summed E-state index contributed by atoms with van der Waals surface area (Å²) in [6, 6.07) is 0. The van der Waals surface area contributed by atoms with Gasteiger partial charge in [0.05, 0.1) is 5.75 Å². The quantitative estimate of drug-likeness (QED) is 0.486. The number of amidine groups is 1. The molecule has 0 unspecified atom stereocenters. The zero-order valence-electron chi connectivity index (χ0n) is 4.26. The Morgan fingerprint density at radius 1 is 1.75 bits per heavy atom. The van der Waals surface area contributed by atoms with Crippen LogP contribution in [0.5, 0.6) is 0 Å². The van der Waals surface area contributed by atoms with Gasteiger partial charge < -0.3 is 5.73 Å². The number of hydrogen-bond acceptors (Lipinski definition) is 4. The lowest BCUT2D eigenvalue weighted by atomic mass is 10.4. The fourth-order valence-corrected chi connectivity index (χ4v) is 0.968. The molecule has 0 saturated heterocycles. The average molecular weight is 130 g/mol. The van der Waals surface area contributed by atoms with Crippen LogP contribution >= 0.6 is 11.8 Å². The van der Waals surface area contributed by atoms with Crippen LogP contribution in [0.4, 0.5) is 0 Å². The highest BCUT2D eigenvalue weighted by Crippen LogP contribution is 2.04. The molecule has 0 aromatic rings. The zero-order chi connectivity index (χ0) is 5.98. The zero-order valence-corrected chi connectivity index (χ0v) is 5.07. The second kappa shape index (κ2) is 2.17. The van der Waals surface area contributed by atoms with Gasteiger partial charge in [-0.1, -0.05) is 11.8 Å². The van der Waals surface area contributed by atoms with E-state index in [0.717, 1.165) is 0 Å². The molecule has 2 N–H and O–H groups in total. The van der Waals surface area contributed by atoms with Gasteiger partial charge in [-0.15, -0.1) is 0 Å². The lowest BCUT2D eigenvalue weighted by Gasteiger charge is -2.03. The van der Waals surface area contributed by atoms with E-state index in [1.807, 2.05) is 0 Å². The smallest absolute Gasteiger partial charge is 0.164 e. The number of nitrogens with two attached hydrogens (primary N) is 1. The van der Waals surface area contributed by atoms with Gasteiger partial charge in [-0.05, 0) is 0 Å². The number of hydrogen-bond donors (Lipinski definition) is 1. The number of ketones is 1. The first-order chi connectivity index (χ1) is 3.79. The van der Waals surface area contributed by atoms with Crippen LogP contribution in [0.25, 0.3) is 0 Å². The summed E-state index contributed by atoms with van der Waals surface area (Å²) in [4.78, 5) is 14.1. The van der Waals surface area contributed by atoms with Gasteiger partial charge in [-0.25, -0.2) is 0 Å². The van der Waals surface area contributed by atoms with Gasteiger partial charge in [0, 0.05) is 0 Å². The number of Topliss-reactive ketones (excluding diaryl/α,β-unsaturated/α-hetero) is 1. The molecule has 0 amide bonds. The Hall–Kier alpha value is -0.510. The van der Waals surface area contributed by atoms with E-state index in [1.165, 1.54) is 11.8 Å². The average Bonchev–Trinajstić information content (AvgIpc) is 1.77. The van der Waals surface area contributed by atoms with Gasteiger partial charge in [0.2, 0.25) is 0 Å². The van der Waals surface area contributed by atoms with Crippen LogP contribution in [0.15, 0.2) is 4.99 Å². The van der Waals surface area contributed by atoms with Crippen molar-refractivity contribution in [2.45, 2.75) is 0 Å². The predicted octanol–water partition coefficient (Wildman–Crippen LogP) is -0.383. The van der Waals surface area contributed by atoms with Gasteiger partial charge in [-0.3, -0.25) is 9.79 Å². The van der Waals surface area contributed by atoms with Gasteiger partial charge in [0.25, 0.3) is 0 Å². The van der Waals surface area contributed by atoms with E-state index in [-0.39, 0.29) is 12.3 Å². The molecule has 4 heteroatoms. The molecule has 0 spiro atoms. The van der Waals surface area contributed by atoms with Crippen LogP contribution in [0, 0.1) is 0 Å². The molecule has 0 aromatic heterocycles. The minimum absolute atomic E-state index is 0.157. The summed E-state index contributed by atoms with van der Waals surface area (Å²) in [6.45, 7) is 0.277. The third-order valence-corrected chi connectivity index (χ3v) is 1.68. The minimum atomic E-state index is 0.157. The fraction of sp³-hybridized carbons (Fsp3) is 0.500. The lowest BCUT2D eigenvalue weighted by molar-refractivity contribution is -0.115. The molecule has 0 saturated carbocycles. The highest BCUT2D eigenvalue weighted by atomic mass is 32.2. The Balaban J connectivity index is 2.55. The van der Waals surface area contributed by atoms with Crippen LogP contribution in [0.3, 0.4) is 0 Å². The van der Waals surface area contributed by atoms with Crippen LogP contribution in [-0.4, -0.2) is 23.2 Å². The summed E-state index contributed by atoms with van der Waals surface area (Å²) in [5.41, 5.74) is 5.26. The number of carbonyl (C=O) groups is 1. The number of nitrogens with zero attached hydrogens (tertiary/aromatic N) is 1. The van der Waals surface area contributed by atoms with Crippen LogP contribution < -0.4 is 5.73 Å². The molecule has 1 aliphatic heterocycles. The Morgan fingerprint density at radius 2 is 2.50 bits per heavy atom. The predicted molar refractivity (Wildman–Crippen MR) is 34.0 cm³/mol. The van der Waals surface area contributed by atoms with Crippen LogP contribution in [0.1, 0.15) is 0 Å². The molecule has 0 atom stereocenters. The maximum absolute atomic E-state index is 10.4. The summed E-state index contributed by atoms with van der Waals surface area (Å²) < 4.78 is 0. The van der Waals surface area contributed by atoms with E-state index in [4.69, 9.17) is 5.73 Å². The lowest BCUT2D eigenvalue weighted by Crippen LogP contribution is -2.20. The molecule has 44 valence electrons. The van der Waals surface area contributed by atoms with Crippen molar-refractivity contribution < 1.29 is 4.79 Å². The van der Waals surface area contributed by atoms with E-state index in [1.54, 1.807) is 0 Å². The number of aliphatic imine (C=N–C) groups is 1. The first-order valence-corrected chi connectivity index (χ1v) is 3.22. The van der Waals surface area contributed by atoms with Gasteiger partial charge in [0.15, 0.2) is 11.0 Å². The molecule has 3 nitrogen and oxygen atoms in total.